The summed E-state index contributed by atoms with van der Waals surface area (Å²) in [4.78, 5) is 15.6. The Kier molecular flexibility index (Phi) is 1.73. The van der Waals surface area contributed by atoms with Gasteiger partial charge >= 0.3 is 5.97 Å². The lowest BCUT2D eigenvalue weighted by Crippen LogP contribution is -2.06. The van der Waals surface area contributed by atoms with Gasteiger partial charge in [-0.2, -0.15) is 0 Å². The molecule has 0 spiro atoms. The predicted octanol–water partition coefficient (Wildman–Crippen LogP) is 1.31. The molecule has 0 saturated heterocycles. The summed E-state index contributed by atoms with van der Waals surface area (Å²) in [5, 5.41) is 12.4. The molecule has 1 aromatic carbocycles. The number of oxime groups is 1. The quantitative estimate of drug-likeness (QED) is 0.703. The minimum absolute atomic E-state index is 0.161. The Morgan fingerprint density at radius 2 is 2.38 bits per heavy atom. The molecule has 0 atom stereocenters. The van der Waals surface area contributed by atoms with Gasteiger partial charge in [-0.1, -0.05) is 17.3 Å². The van der Waals surface area contributed by atoms with Crippen molar-refractivity contribution in [2.45, 2.75) is 6.42 Å². The normalized spacial score (nSPS) is 13.2. The number of para-hydroxylation sites is 1. The van der Waals surface area contributed by atoms with Crippen molar-refractivity contribution in [3.05, 3.63) is 29.3 Å². The molecule has 1 aromatic rings. The fourth-order valence-electron chi connectivity index (χ4n) is 1.25. The number of benzene rings is 1. The summed E-state index contributed by atoms with van der Waals surface area (Å²) in [6.07, 6.45) is 2.23. The van der Waals surface area contributed by atoms with Crippen molar-refractivity contribution in [3.8, 4) is 5.75 Å². The van der Waals surface area contributed by atoms with E-state index in [4.69, 9.17) is 9.94 Å². The first-order valence-electron chi connectivity index (χ1n) is 3.83. The van der Waals surface area contributed by atoms with Crippen molar-refractivity contribution >= 4 is 12.2 Å². The van der Waals surface area contributed by atoms with Gasteiger partial charge in [0, 0.05) is 18.2 Å². The minimum atomic E-state index is -0.992. The number of carbonyl (C=O) groups is 1. The number of hydrogen-bond acceptors (Lipinski definition) is 3. The highest BCUT2D eigenvalue weighted by Crippen LogP contribution is 2.26. The lowest BCUT2D eigenvalue weighted by atomic mass is 10.1. The van der Waals surface area contributed by atoms with Crippen LogP contribution in [0.2, 0.25) is 0 Å². The third-order valence-electron chi connectivity index (χ3n) is 1.86. The van der Waals surface area contributed by atoms with Gasteiger partial charge in [-0.15, -0.1) is 0 Å². The van der Waals surface area contributed by atoms with Crippen LogP contribution in [0.3, 0.4) is 0 Å². The lowest BCUT2D eigenvalue weighted by Gasteiger charge is -2.11. The lowest BCUT2D eigenvalue weighted by molar-refractivity contribution is 0.0692. The molecule has 13 heavy (non-hydrogen) atoms. The van der Waals surface area contributed by atoms with Crippen molar-refractivity contribution in [3.63, 3.8) is 0 Å². The van der Waals surface area contributed by atoms with E-state index in [0.29, 0.717) is 12.2 Å². The molecule has 1 heterocycles. The maximum absolute atomic E-state index is 10.7. The van der Waals surface area contributed by atoms with E-state index in [2.05, 4.69) is 5.16 Å². The number of nitrogens with zero attached hydrogens (tertiary/aromatic N) is 1. The number of carboxylic acid groups (broad SMARTS) is 1. The molecule has 0 aliphatic carbocycles. The maximum Gasteiger partial charge on any atom is 0.339 e. The highest BCUT2D eigenvalue weighted by Gasteiger charge is 2.17. The largest absolute Gasteiger partial charge is 0.478 e. The number of rotatable bonds is 1. The van der Waals surface area contributed by atoms with Gasteiger partial charge in [0.05, 0.1) is 0 Å². The Morgan fingerprint density at radius 3 is 3.15 bits per heavy atom. The maximum atomic E-state index is 10.7. The van der Waals surface area contributed by atoms with Gasteiger partial charge in [0.2, 0.25) is 0 Å². The van der Waals surface area contributed by atoms with E-state index in [9.17, 15) is 4.79 Å². The molecule has 0 unspecified atom stereocenters. The molecule has 2 rings (SSSR count). The zero-order valence-electron chi connectivity index (χ0n) is 6.73. The first kappa shape index (κ1) is 7.79. The summed E-state index contributed by atoms with van der Waals surface area (Å²) in [6.45, 7) is 0. The molecule has 1 aliphatic rings. The molecule has 0 aromatic heterocycles. The van der Waals surface area contributed by atoms with Crippen LogP contribution < -0.4 is 4.84 Å². The van der Waals surface area contributed by atoms with E-state index in [1.807, 2.05) is 6.07 Å². The SMILES string of the molecule is O=C(O)c1cccc2c1ON=CC2. The van der Waals surface area contributed by atoms with Crippen LogP contribution in [0.15, 0.2) is 23.4 Å². The second kappa shape index (κ2) is 2.90. The van der Waals surface area contributed by atoms with Crippen molar-refractivity contribution < 1.29 is 14.7 Å². The molecule has 0 saturated carbocycles. The molecule has 4 nitrogen and oxygen atoms in total. The van der Waals surface area contributed by atoms with Crippen LogP contribution >= 0.6 is 0 Å². The van der Waals surface area contributed by atoms with Gasteiger partial charge in [-0.3, -0.25) is 0 Å². The van der Waals surface area contributed by atoms with Crippen molar-refractivity contribution in [1.82, 2.24) is 0 Å². The Hall–Kier alpha value is -1.84. The molecule has 0 amide bonds. The summed E-state index contributed by atoms with van der Waals surface area (Å²) in [5.74, 6) is -0.633. The fraction of sp³-hybridized carbons (Fsp3) is 0.111. The molecular formula is C9H7NO3. The summed E-state index contributed by atoms with van der Waals surface area (Å²) in [6, 6.07) is 5.03. The average Bonchev–Trinajstić information content (AvgIpc) is 2.17. The molecule has 66 valence electrons. The zero-order valence-corrected chi connectivity index (χ0v) is 6.73. The van der Waals surface area contributed by atoms with Gasteiger partial charge in [-0.25, -0.2) is 4.79 Å². The van der Waals surface area contributed by atoms with Gasteiger partial charge in [-0.05, 0) is 6.07 Å². The Balaban J connectivity index is 2.55. The van der Waals surface area contributed by atoms with Gasteiger partial charge in [0.1, 0.15) is 5.56 Å². The minimum Gasteiger partial charge on any atom is -0.478 e. The molecular weight excluding hydrogens is 170 g/mol. The second-order valence-corrected chi connectivity index (χ2v) is 2.68. The molecule has 1 aliphatic heterocycles. The van der Waals surface area contributed by atoms with E-state index in [0.717, 1.165) is 5.56 Å². The number of hydrogen-bond donors (Lipinski definition) is 1. The number of fused-ring (bicyclic) bond motifs is 1. The van der Waals surface area contributed by atoms with Crippen LogP contribution in [-0.2, 0) is 6.42 Å². The second-order valence-electron chi connectivity index (χ2n) is 2.68. The zero-order chi connectivity index (χ0) is 9.26. The monoisotopic (exact) mass is 177 g/mol. The average molecular weight is 177 g/mol. The van der Waals surface area contributed by atoms with E-state index < -0.39 is 5.97 Å². The summed E-state index contributed by atoms with van der Waals surface area (Å²) < 4.78 is 0. The summed E-state index contributed by atoms with van der Waals surface area (Å²) >= 11 is 0. The highest BCUT2D eigenvalue weighted by molar-refractivity contribution is 5.92. The molecule has 1 N–H and O–H groups in total. The Morgan fingerprint density at radius 1 is 1.54 bits per heavy atom. The smallest absolute Gasteiger partial charge is 0.339 e. The van der Waals surface area contributed by atoms with Crippen molar-refractivity contribution in [2.24, 2.45) is 5.16 Å². The van der Waals surface area contributed by atoms with Gasteiger partial charge in [0.15, 0.2) is 5.75 Å². The van der Waals surface area contributed by atoms with Gasteiger partial charge < -0.3 is 9.94 Å². The molecule has 0 fully saturated rings. The molecule has 0 bridgehead atoms. The van der Waals surface area contributed by atoms with Crippen LogP contribution in [0.5, 0.6) is 5.75 Å². The van der Waals surface area contributed by atoms with E-state index in [1.54, 1.807) is 12.3 Å². The Bertz CT molecular complexity index is 384. The highest BCUT2D eigenvalue weighted by atomic mass is 16.6. The third kappa shape index (κ3) is 1.26. The topological polar surface area (TPSA) is 58.9 Å². The van der Waals surface area contributed by atoms with Crippen LogP contribution in [0.4, 0.5) is 0 Å². The first-order chi connectivity index (χ1) is 6.29. The molecule has 4 heteroatoms. The van der Waals surface area contributed by atoms with Gasteiger partial charge in [0.25, 0.3) is 0 Å². The summed E-state index contributed by atoms with van der Waals surface area (Å²) in [7, 11) is 0. The van der Waals surface area contributed by atoms with E-state index >= 15 is 0 Å². The van der Waals surface area contributed by atoms with Crippen LogP contribution in [0, 0.1) is 0 Å². The summed E-state index contributed by atoms with van der Waals surface area (Å²) in [5.41, 5.74) is 1.02. The van der Waals surface area contributed by atoms with Crippen LogP contribution in [-0.4, -0.2) is 17.3 Å². The Labute approximate surface area is 74.4 Å². The third-order valence-corrected chi connectivity index (χ3v) is 1.86. The first-order valence-corrected chi connectivity index (χ1v) is 3.83. The predicted molar refractivity (Wildman–Crippen MR) is 46.2 cm³/mol. The fourth-order valence-corrected chi connectivity index (χ4v) is 1.25. The van der Waals surface area contributed by atoms with Crippen molar-refractivity contribution in [1.29, 1.82) is 0 Å². The van der Waals surface area contributed by atoms with Crippen LogP contribution in [0.25, 0.3) is 0 Å². The number of carboxylic acids is 1. The van der Waals surface area contributed by atoms with Crippen LogP contribution in [0.1, 0.15) is 15.9 Å². The van der Waals surface area contributed by atoms with E-state index in [1.165, 1.54) is 6.07 Å². The van der Waals surface area contributed by atoms with E-state index in [-0.39, 0.29) is 5.56 Å². The molecule has 0 radical (unpaired) electrons. The number of aromatic carboxylic acids is 1. The van der Waals surface area contributed by atoms with Crippen molar-refractivity contribution in [2.75, 3.05) is 0 Å². The standard InChI is InChI=1S/C9H7NO3/c11-9(12)7-3-1-2-6-4-5-10-13-8(6)7/h1-3,5H,4H2,(H,11,12).